The lowest BCUT2D eigenvalue weighted by Crippen LogP contribution is -2.39. The fourth-order valence-electron chi connectivity index (χ4n) is 5.94. The second kappa shape index (κ2) is 12.0. The molecule has 3 aromatic rings. The first-order chi connectivity index (χ1) is 19.3. The third kappa shape index (κ3) is 5.47. The van der Waals surface area contributed by atoms with E-state index in [4.69, 9.17) is 14.2 Å². The fourth-order valence-corrected chi connectivity index (χ4v) is 8.08. The Morgan fingerprint density at radius 1 is 1.07 bits per heavy atom. The van der Waals surface area contributed by atoms with Crippen LogP contribution in [0.1, 0.15) is 63.5 Å². The normalized spacial score (nSPS) is 20.3. The van der Waals surface area contributed by atoms with Crippen LogP contribution in [0.2, 0.25) is 0 Å². The maximum absolute atomic E-state index is 14.5. The molecule has 2 aliphatic carbocycles. The minimum Gasteiger partial charge on any atom is -0.492 e. The number of imidazole rings is 1. The highest BCUT2D eigenvalue weighted by atomic mass is 32.2. The summed E-state index contributed by atoms with van der Waals surface area (Å²) in [6, 6.07) is 12.6. The predicted molar refractivity (Wildman–Crippen MR) is 151 cm³/mol. The summed E-state index contributed by atoms with van der Waals surface area (Å²) in [6.45, 7) is 2.19. The molecule has 40 heavy (non-hydrogen) atoms. The monoisotopic (exact) mass is 568 g/mol. The van der Waals surface area contributed by atoms with Gasteiger partial charge in [0.1, 0.15) is 17.3 Å². The van der Waals surface area contributed by atoms with Crippen molar-refractivity contribution in [1.82, 2.24) is 9.55 Å². The predicted octanol–water partition coefficient (Wildman–Crippen LogP) is 4.85. The summed E-state index contributed by atoms with van der Waals surface area (Å²) in [7, 11) is -2.63. The molecule has 1 fully saturated rings. The van der Waals surface area contributed by atoms with E-state index in [9.17, 15) is 18.0 Å². The van der Waals surface area contributed by atoms with Crippen LogP contribution in [-0.4, -0.2) is 49.0 Å². The average molecular weight is 569 g/mol. The first-order valence-corrected chi connectivity index (χ1v) is 15.5. The first-order valence-electron chi connectivity index (χ1n) is 13.9. The fraction of sp³-hybridized carbons (Fsp3) is 0.467. The maximum atomic E-state index is 14.5. The van der Waals surface area contributed by atoms with Crippen molar-refractivity contribution in [2.75, 3.05) is 13.7 Å². The molecule has 1 aromatic heterocycles. The molecule has 1 N–H and O–H groups in total. The van der Waals surface area contributed by atoms with E-state index < -0.39 is 27.2 Å². The number of carbonyl (C=O) groups is 1. The zero-order chi connectivity index (χ0) is 28.3. The van der Waals surface area contributed by atoms with Crippen molar-refractivity contribution in [3.63, 3.8) is 0 Å². The van der Waals surface area contributed by atoms with Gasteiger partial charge in [0.15, 0.2) is 9.84 Å². The third-order valence-electron chi connectivity index (χ3n) is 7.93. The minimum absolute atomic E-state index is 0.00586. The molecule has 0 bridgehead atoms. The lowest BCUT2D eigenvalue weighted by Gasteiger charge is -2.30. The molecule has 2 aromatic carbocycles. The van der Waals surface area contributed by atoms with Gasteiger partial charge >= 0.3 is 11.7 Å². The molecule has 9 nitrogen and oxygen atoms in total. The number of methoxy groups -OCH3 is 1. The van der Waals surface area contributed by atoms with Crippen LogP contribution >= 0.6 is 0 Å². The molecule has 0 saturated heterocycles. The van der Waals surface area contributed by atoms with E-state index >= 15 is 0 Å². The Labute approximate surface area is 234 Å². The molecule has 0 aliphatic heterocycles. The Balaban J connectivity index is 1.51. The summed E-state index contributed by atoms with van der Waals surface area (Å²) >= 11 is 0. The van der Waals surface area contributed by atoms with Gasteiger partial charge in [-0.1, -0.05) is 55.7 Å². The highest BCUT2D eigenvalue weighted by Gasteiger charge is 2.42. The van der Waals surface area contributed by atoms with Gasteiger partial charge in [0, 0.05) is 25.1 Å². The van der Waals surface area contributed by atoms with E-state index in [1.807, 2.05) is 30.3 Å². The Bertz CT molecular complexity index is 1550. The van der Waals surface area contributed by atoms with E-state index in [0.29, 0.717) is 16.6 Å². The first kappa shape index (κ1) is 28.2. The Morgan fingerprint density at radius 2 is 1.82 bits per heavy atom. The quantitative estimate of drug-likeness (QED) is 0.367. The summed E-state index contributed by atoms with van der Waals surface area (Å²) in [5, 5.41) is -0.974. The van der Waals surface area contributed by atoms with Crippen molar-refractivity contribution < 1.29 is 27.4 Å². The lowest BCUT2D eigenvalue weighted by atomic mass is 9.95. The van der Waals surface area contributed by atoms with E-state index in [1.165, 1.54) is 7.11 Å². The Hall–Kier alpha value is -3.37. The van der Waals surface area contributed by atoms with Crippen LogP contribution in [0, 0.1) is 0 Å². The van der Waals surface area contributed by atoms with Gasteiger partial charge in [-0.25, -0.2) is 18.0 Å². The van der Waals surface area contributed by atoms with Crippen molar-refractivity contribution in [2.45, 2.75) is 80.8 Å². The van der Waals surface area contributed by atoms with Crippen LogP contribution in [0.5, 0.6) is 5.75 Å². The van der Waals surface area contributed by atoms with Gasteiger partial charge in [-0.3, -0.25) is 4.57 Å². The van der Waals surface area contributed by atoms with Gasteiger partial charge in [-0.15, -0.1) is 0 Å². The summed E-state index contributed by atoms with van der Waals surface area (Å²) in [6.07, 6.45) is 5.71. The summed E-state index contributed by atoms with van der Waals surface area (Å²) in [5.74, 6) is -0.277. The smallest absolute Gasteiger partial charge is 0.334 e. The van der Waals surface area contributed by atoms with Gasteiger partial charge < -0.3 is 19.2 Å². The summed E-state index contributed by atoms with van der Waals surface area (Å²) in [4.78, 5) is 28.9. The molecule has 0 spiro atoms. The summed E-state index contributed by atoms with van der Waals surface area (Å²) in [5.41, 5.74) is 1.75. The molecule has 214 valence electrons. The number of benzene rings is 2. The van der Waals surface area contributed by atoms with Crippen molar-refractivity contribution in [1.29, 1.82) is 0 Å². The molecule has 0 radical (unpaired) electrons. The molecular formula is C30H36N2O7S. The van der Waals surface area contributed by atoms with Crippen molar-refractivity contribution in [3.05, 3.63) is 70.2 Å². The highest BCUT2D eigenvalue weighted by Crippen LogP contribution is 2.40. The topological polar surface area (TPSA) is 117 Å². The van der Waals surface area contributed by atoms with Crippen molar-refractivity contribution >= 4 is 26.8 Å². The van der Waals surface area contributed by atoms with Gasteiger partial charge in [0.05, 0.1) is 29.0 Å². The average Bonchev–Trinajstić information content (AvgIpc) is 3.31. The van der Waals surface area contributed by atoms with E-state index in [1.54, 1.807) is 29.7 Å². The zero-order valence-electron chi connectivity index (χ0n) is 22.9. The SMILES string of the molecule is CCOc1ccc2[nH]c(=O)n(C3CCCCC3)c2c1S(=O)(=O)C1CC=C(C(=O)OCc2ccccc2)CC1OC. The number of hydrogen-bond acceptors (Lipinski definition) is 7. The minimum atomic E-state index is -4.08. The number of esters is 1. The maximum Gasteiger partial charge on any atom is 0.334 e. The molecule has 1 saturated carbocycles. The number of rotatable bonds is 9. The number of sulfone groups is 1. The number of ether oxygens (including phenoxy) is 3. The molecule has 2 unspecified atom stereocenters. The van der Waals surface area contributed by atoms with Gasteiger partial charge in [-0.2, -0.15) is 0 Å². The van der Waals surface area contributed by atoms with Crippen molar-refractivity contribution in [3.8, 4) is 5.75 Å². The third-order valence-corrected chi connectivity index (χ3v) is 10.2. The van der Waals surface area contributed by atoms with Crippen molar-refractivity contribution in [2.24, 2.45) is 0 Å². The lowest BCUT2D eigenvalue weighted by molar-refractivity contribution is -0.141. The number of allylic oxidation sites excluding steroid dienone is 1. The van der Waals surface area contributed by atoms with E-state index in [-0.39, 0.29) is 48.4 Å². The summed E-state index contributed by atoms with van der Waals surface area (Å²) < 4.78 is 47.5. The van der Waals surface area contributed by atoms with E-state index in [2.05, 4.69) is 4.98 Å². The second-order valence-corrected chi connectivity index (χ2v) is 12.5. The van der Waals surface area contributed by atoms with Crippen LogP contribution < -0.4 is 10.4 Å². The molecule has 0 amide bonds. The highest BCUT2D eigenvalue weighted by molar-refractivity contribution is 7.92. The van der Waals surface area contributed by atoms with Crippen LogP contribution in [0.4, 0.5) is 0 Å². The number of fused-ring (bicyclic) bond motifs is 1. The molecule has 2 atom stereocenters. The largest absolute Gasteiger partial charge is 0.492 e. The number of hydrogen-bond donors (Lipinski definition) is 1. The number of aromatic amines is 1. The number of aromatic nitrogens is 2. The van der Waals surface area contributed by atoms with Crippen LogP contribution in [0.25, 0.3) is 11.0 Å². The standard InChI is InChI=1S/C30H36N2O7S/c1-3-38-24-16-15-23-27(32(30(34)31-23)22-12-8-5-9-13-22)28(24)40(35,36)26-17-14-21(18-25(26)37-2)29(33)39-19-20-10-6-4-7-11-20/h4,6-7,10-11,14-16,22,25-26H,3,5,8-9,12-13,17-19H2,1-2H3,(H,31,34). The van der Waals surface area contributed by atoms with E-state index in [0.717, 1.165) is 37.7 Å². The molecule has 5 rings (SSSR count). The van der Waals surface area contributed by atoms with Gasteiger partial charge in [0.2, 0.25) is 0 Å². The Morgan fingerprint density at radius 3 is 2.52 bits per heavy atom. The zero-order valence-corrected chi connectivity index (χ0v) is 23.7. The Kier molecular flexibility index (Phi) is 8.46. The number of nitrogens with one attached hydrogen (secondary N) is 1. The van der Waals surface area contributed by atoms with Crippen LogP contribution in [-0.2, 0) is 30.7 Å². The molecule has 1 heterocycles. The number of H-pyrrole nitrogens is 1. The van der Waals surface area contributed by atoms with Crippen LogP contribution in [0.3, 0.4) is 0 Å². The van der Waals surface area contributed by atoms with Gasteiger partial charge in [0.25, 0.3) is 0 Å². The number of carbonyl (C=O) groups excluding carboxylic acids is 1. The molecular weight excluding hydrogens is 532 g/mol. The second-order valence-electron chi connectivity index (χ2n) is 10.4. The van der Waals surface area contributed by atoms with Gasteiger partial charge in [-0.05, 0) is 43.9 Å². The number of nitrogens with zero attached hydrogens (tertiary/aromatic N) is 1. The van der Waals surface area contributed by atoms with Crippen LogP contribution in [0.15, 0.2) is 63.8 Å². The molecule has 2 aliphatic rings. The molecule has 10 heteroatoms.